The zero-order valence-corrected chi connectivity index (χ0v) is 23.1. The third-order valence-corrected chi connectivity index (χ3v) is 6.75. The van der Waals surface area contributed by atoms with Gasteiger partial charge in [0.15, 0.2) is 6.61 Å². The predicted octanol–water partition coefficient (Wildman–Crippen LogP) is 6.35. The minimum Gasteiger partial charge on any atom is -0.484 e. The molecular formula is C30H34Cl2N2O3. The summed E-state index contributed by atoms with van der Waals surface area (Å²) < 4.78 is 5.84. The van der Waals surface area contributed by atoms with Gasteiger partial charge >= 0.3 is 0 Å². The molecule has 0 aliphatic carbocycles. The molecule has 3 aromatic rings. The summed E-state index contributed by atoms with van der Waals surface area (Å²) >= 11 is 12.9. The van der Waals surface area contributed by atoms with E-state index in [0.717, 1.165) is 12.0 Å². The lowest BCUT2D eigenvalue weighted by Gasteiger charge is -2.32. The Balaban J connectivity index is 1.93. The topological polar surface area (TPSA) is 58.6 Å². The number of ether oxygens (including phenoxy) is 1. The number of halogens is 2. The van der Waals surface area contributed by atoms with Crippen LogP contribution in [0.4, 0.5) is 0 Å². The monoisotopic (exact) mass is 540 g/mol. The van der Waals surface area contributed by atoms with E-state index in [1.807, 2.05) is 68.4 Å². The molecule has 0 fully saturated rings. The van der Waals surface area contributed by atoms with Crippen molar-refractivity contribution in [1.29, 1.82) is 0 Å². The lowest BCUT2D eigenvalue weighted by Crippen LogP contribution is -2.52. The maximum atomic E-state index is 13.7. The van der Waals surface area contributed by atoms with Gasteiger partial charge in [-0.2, -0.15) is 0 Å². The molecule has 5 nitrogen and oxygen atoms in total. The van der Waals surface area contributed by atoms with Gasteiger partial charge < -0.3 is 15.0 Å². The van der Waals surface area contributed by atoms with Crippen molar-refractivity contribution in [2.45, 2.75) is 46.2 Å². The zero-order valence-electron chi connectivity index (χ0n) is 21.5. The van der Waals surface area contributed by atoms with E-state index >= 15 is 0 Å². The van der Waals surface area contributed by atoms with E-state index in [2.05, 4.69) is 12.2 Å². The molecule has 0 aliphatic rings. The van der Waals surface area contributed by atoms with Crippen LogP contribution in [0.3, 0.4) is 0 Å². The smallest absolute Gasteiger partial charge is 0.261 e. The van der Waals surface area contributed by atoms with Gasteiger partial charge in [-0.15, -0.1) is 0 Å². The van der Waals surface area contributed by atoms with Crippen molar-refractivity contribution >= 4 is 35.0 Å². The highest BCUT2D eigenvalue weighted by Gasteiger charge is 2.31. The van der Waals surface area contributed by atoms with Gasteiger partial charge in [-0.3, -0.25) is 9.59 Å². The largest absolute Gasteiger partial charge is 0.484 e. The molecule has 1 atom stereocenters. The highest BCUT2D eigenvalue weighted by atomic mass is 35.5. The van der Waals surface area contributed by atoms with E-state index in [0.29, 0.717) is 34.3 Å². The third-order valence-electron chi connectivity index (χ3n) is 6.04. The molecule has 7 heteroatoms. The summed E-state index contributed by atoms with van der Waals surface area (Å²) in [6, 6.07) is 21.7. The van der Waals surface area contributed by atoms with Crippen molar-refractivity contribution in [3.63, 3.8) is 0 Å². The average molecular weight is 542 g/mol. The third kappa shape index (κ3) is 8.51. The Bertz CT molecular complexity index is 1150. The summed E-state index contributed by atoms with van der Waals surface area (Å²) in [7, 11) is 0. The van der Waals surface area contributed by atoms with Gasteiger partial charge in [0, 0.05) is 35.1 Å². The molecule has 37 heavy (non-hydrogen) atoms. The summed E-state index contributed by atoms with van der Waals surface area (Å²) in [6.07, 6.45) is 1.25. The number of carbonyl (C=O) groups excluding carboxylic acids is 2. The van der Waals surface area contributed by atoms with Crippen molar-refractivity contribution < 1.29 is 14.3 Å². The van der Waals surface area contributed by atoms with Gasteiger partial charge in [-0.05, 0) is 47.7 Å². The molecule has 1 N–H and O–H groups in total. The number of nitrogens with zero attached hydrogens (tertiary/aromatic N) is 1. The standard InChI is InChI=1S/C30H34Cl2N2O3/c1-4-22-13-15-24(16-14-22)37-20-29(35)34(19-25-26(31)11-8-12-27(25)32)28(30(36)33-18-21(2)3)17-23-9-6-5-7-10-23/h5-16,21,28H,4,17-20H2,1-3H3,(H,33,36)/t28-/m0/s1. The first-order valence-electron chi connectivity index (χ1n) is 12.5. The van der Waals surface area contributed by atoms with Gasteiger partial charge in [-0.25, -0.2) is 0 Å². The van der Waals surface area contributed by atoms with E-state index in [4.69, 9.17) is 27.9 Å². The Labute approximate surface area is 229 Å². The Morgan fingerprint density at radius 2 is 1.54 bits per heavy atom. The van der Waals surface area contributed by atoms with Crippen LogP contribution < -0.4 is 10.1 Å². The number of hydrogen-bond donors (Lipinski definition) is 1. The number of carbonyl (C=O) groups is 2. The van der Waals surface area contributed by atoms with E-state index < -0.39 is 6.04 Å². The molecule has 0 spiro atoms. The maximum Gasteiger partial charge on any atom is 0.261 e. The van der Waals surface area contributed by atoms with Crippen molar-refractivity contribution in [3.8, 4) is 5.75 Å². The number of nitrogens with one attached hydrogen (secondary N) is 1. The van der Waals surface area contributed by atoms with Gasteiger partial charge in [-0.1, -0.05) is 92.5 Å². The molecule has 0 heterocycles. The van der Waals surface area contributed by atoms with E-state index in [9.17, 15) is 9.59 Å². The molecule has 2 amide bonds. The normalized spacial score (nSPS) is 11.7. The van der Waals surface area contributed by atoms with Crippen LogP contribution in [0.1, 0.15) is 37.5 Å². The lowest BCUT2D eigenvalue weighted by atomic mass is 10.0. The molecule has 0 bridgehead atoms. The first-order valence-corrected chi connectivity index (χ1v) is 13.3. The van der Waals surface area contributed by atoms with Crippen LogP contribution in [0.2, 0.25) is 10.0 Å². The molecule has 196 valence electrons. The molecule has 3 rings (SSSR count). The van der Waals surface area contributed by atoms with Crippen LogP contribution in [0.25, 0.3) is 0 Å². The molecule has 0 aromatic heterocycles. The minimum atomic E-state index is -0.785. The maximum absolute atomic E-state index is 13.7. The second-order valence-corrected chi connectivity index (χ2v) is 10.2. The molecule has 0 unspecified atom stereocenters. The van der Waals surface area contributed by atoms with E-state index in [-0.39, 0.29) is 30.9 Å². The number of aryl methyl sites for hydroxylation is 1. The Kier molecular flexibility index (Phi) is 10.8. The predicted molar refractivity (Wildman–Crippen MR) is 150 cm³/mol. The summed E-state index contributed by atoms with van der Waals surface area (Å²) in [5, 5.41) is 3.87. The number of hydrogen-bond acceptors (Lipinski definition) is 3. The fraction of sp³-hybridized carbons (Fsp3) is 0.333. The first kappa shape index (κ1) is 28.5. The van der Waals surface area contributed by atoms with Crippen LogP contribution in [0.15, 0.2) is 72.8 Å². The molecule has 0 saturated carbocycles. The Hall–Kier alpha value is -3.02. The second-order valence-electron chi connectivity index (χ2n) is 9.35. The molecular weight excluding hydrogens is 507 g/mol. The fourth-order valence-electron chi connectivity index (χ4n) is 3.88. The van der Waals surface area contributed by atoms with Crippen LogP contribution in [0, 0.1) is 5.92 Å². The van der Waals surface area contributed by atoms with Crippen molar-refractivity contribution in [1.82, 2.24) is 10.2 Å². The Morgan fingerprint density at radius 3 is 2.14 bits per heavy atom. The fourth-order valence-corrected chi connectivity index (χ4v) is 4.40. The summed E-state index contributed by atoms with van der Waals surface area (Å²) in [6.45, 7) is 6.47. The van der Waals surface area contributed by atoms with Crippen LogP contribution in [-0.4, -0.2) is 35.9 Å². The van der Waals surface area contributed by atoms with Crippen molar-refractivity contribution in [2.75, 3.05) is 13.2 Å². The summed E-state index contributed by atoms with van der Waals surface area (Å²) in [4.78, 5) is 28.7. The molecule has 0 saturated heterocycles. The van der Waals surface area contributed by atoms with E-state index in [1.165, 1.54) is 10.5 Å². The lowest BCUT2D eigenvalue weighted by molar-refractivity contribution is -0.142. The highest BCUT2D eigenvalue weighted by molar-refractivity contribution is 6.36. The highest BCUT2D eigenvalue weighted by Crippen LogP contribution is 2.27. The van der Waals surface area contributed by atoms with Crippen LogP contribution in [0.5, 0.6) is 5.75 Å². The SMILES string of the molecule is CCc1ccc(OCC(=O)N(Cc2c(Cl)cccc2Cl)[C@@H](Cc2ccccc2)C(=O)NCC(C)C)cc1. The van der Waals surface area contributed by atoms with Gasteiger partial charge in [0.1, 0.15) is 11.8 Å². The number of benzene rings is 3. The second kappa shape index (κ2) is 14.1. The Morgan fingerprint density at radius 1 is 0.892 bits per heavy atom. The number of rotatable bonds is 12. The van der Waals surface area contributed by atoms with E-state index in [1.54, 1.807) is 18.2 Å². The molecule has 0 aliphatic heterocycles. The summed E-state index contributed by atoms with van der Waals surface area (Å²) in [5.74, 6) is 0.278. The van der Waals surface area contributed by atoms with Crippen LogP contribution in [-0.2, 0) is 29.0 Å². The molecule has 0 radical (unpaired) electrons. The minimum absolute atomic E-state index is 0.0715. The van der Waals surface area contributed by atoms with Gasteiger partial charge in [0.25, 0.3) is 5.91 Å². The quantitative estimate of drug-likeness (QED) is 0.291. The average Bonchev–Trinajstić information content (AvgIpc) is 2.90. The van der Waals surface area contributed by atoms with Crippen LogP contribution >= 0.6 is 23.2 Å². The zero-order chi connectivity index (χ0) is 26.8. The first-order chi connectivity index (χ1) is 17.8. The molecule has 3 aromatic carbocycles. The van der Waals surface area contributed by atoms with Gasteiger partial charge in [0.05, 0.1) is 0 Å². The van der Waals surface area contributed by atoms with Gasteiger partial charge in [0.2, 0.25) is 5.91 Å². The van der Waals surface area contributed by atoms with Crippen molar-refractivity contribution in [3.05, 3.63) is 99.5 Å². The number of amides is 2. The van der Waals surface area contributed by atoms with Crippen molar-refractivity contribution in [2.24, 2.45) is 5.92 Å². The summed E-state index contributed by atoms with van der Waals surface area (Å²) in [5.41, 5.74) is 2.70.